The number of aromatic nitrogens is 3. The van der Waals surface area contributed by atoms with Crippen LogP contribution in [0.2, 0.25) is 0 Å². The van der Waals surface area contributed by atoms with E-state index in [0.717, 1.165) is 37.9 Å². The van der Waals surface area contributed by atoms with Crippen molar-refractivity contribution >= 4 is 23.8 Å². The summed E-state index contributed by atoms with van der Waals surface area (Å²) in [6.07, 6.45) is 5.20. The number of rotatable bonds is 10. The van der Waals surface area contributed by atoms with E-state index < -0.39 is 5.60 Å². The number of carbonyl (C=O) groups is 2. The summed E-state index contributed by atoms with van der Waals surface area (Å²) in [5, 5.41) is 5.14. The number of unbranched alkanes of at least 4 members (excludes halogenated alkanes) is 3. The highest BCUT2D eigenvalue weighted by Crippen LogP contribution is 2.27. The summed E-state index contributed by atoms with van der Waals surface area (Å²) < 4.78 is 6.74. The number of ether oxygens (including phenoxy) is 1. The standard InChI is InChI=1S/C21H38N4O3S/c1-9-21(5,6)17-22-18(25(23-17)19(27)24(7)8)29-15-13-11-10-12-14-16(26)28-20(2,3)4/h9-15H2,1-8H3. The monoisotopic (exact) mass is 426 g/mol. The highest BCUT2D eigenvalue weighted by atomic mass is 32.2. The molecule has 8 heteroatoms. The van der Waals surface area contributed by atoms with Crippen LogP contribution in [0.5, 0.6) is 0 Å². The molecule has 0 spiro atoms. The summed E-state index contributed by atoms with van der Waals surface area (Å²) >= 11 is 1.56. The molecule has 0 aliphatic heterocycles. The Morgan fingerprint density at radius 3 is 2.24 bits per heavy atom. The molecular formula is C21H38N4O3S. The number of esters is 1. The molecule has 1 aromatic rings. The Morgan fingerprint density at radius 1 is 1.07 bits per heavy atom. The molecule has 0 saturated carbocycles. The molecule has 0 aliphatic carbocycles. The van der Waals surface area contributed by atoms with Crippen LogP contribution < -0.4 is 0 Å². The smallest absolute Gasteiger partial charge is 0.346 e. The summed E-state index contributed by atoms with van der Waals surface area (Å²) in [6, 6.07) is -0.185. The van der Waals surface area contributed by atoms with Crippen molar-refractivity contribution < 1.29 is 14.3 Å². The molecule has 29 heavy (non-hydrogen) atoms. The second kappa shape index (κ2) is 11.0. The van der Waals surface area contributed by atoms with Crippen molar-refractivity contribution in [3.63, 3.8) is 0 Å². The molecule has 0 atom stereocenters. The van der Waals surface area contributed by atoms with E-state index >= 15 is 0 Å². The van der Waals surface area contributed by atoms with E-state index in [1.807, 2.05) is 20.8 Å². The van der Waals surface area contributed by atoms with E-state index in [1.54, 1.807) is 25.9 Å². The van der Waals surface area contributed by atoms with E-state index in [1.165, 1.54) is 9.58 Å². The Labute approximate surface area is 180 Å². The van der Waals surface area contributed by atoms with Gasteiger partial charge in [-0.2, -0.15) is 4.68 Å². The summed E-state index contributed by atoms with van der Waals surface area (Å²) in [5.74, 6) is 1.43. The van der Waals surface area contributed by atoms with Gasteiger partial charge in [0.05, 0.1) is 0 Å². The fourth-order valence-electron chi connectivity index (χ4n) is 2.43. The van der Waals surface area contributed by atoms with Gasteiger partial charge in [-0.05, 0) is 40.0 Å². The van der Waals surface area contributed by atoms with Crippen molar-refractivity contribution in [2.24, 2.45) is 0 Å². The van der Waals surface area contributed by atoms with Gasteiger partial charge >= 0.3 is 12.0 Å². The molecule has 0 aromatic carbocycles. The van der Waals surface area contributed by atoms with E-state index in [9.17, 15) is 9.59 Å². The SMILES string of the molecule is CCC(C)(C)c1nc(SCCCCCCC(=O)OC(C)(C)C)n(C(=O)N(C)C)n1. The molecule has 0 radical (unpaired) electrons. The molecular weight excluding hydrogens is 388 g/mol. The largest absolute Gasteiger partial charge is 0.460 e. The number of nitrogens with zero attached hydrogens (tertiary/aromatic N) is 4. The van der Waals surface area contributed by atoms with Gasteiger partial charge < -0.3 is 9.64 Å². The van der Waals surface area contributed by atoms with E-state index in [4.69, 9.17) is 4.74 Å². The van der Waals surface area contributed by atoms with Gasteiger partial charge in [0, 0.05) is 31.7 Å². The third kappa shape index (κ3) is 8.76. The van der Waals surface area contributed by atoms with E-state index in [-0.39, 0.29) is 17.4 Å². The highest BCUT2D eigenvalue weighted by Gasteiger charge is 2.27. The summed E-state index contributed by atoms with van der Waals surface area (Å²) in [5.41, 5.74) is -0.590. The average Bonchev–Trinajstić information content (AvgIpc) is 3.03. The first-order chi connectivity index (χ1) is 13.4. The Balaban J connectivity index is 2.51. The molecule has 1 heterocycles. The number of amides is 1. The fourth-order valence-corrected chi connectivity index (χ4v) is 3.35. The first kappa shape index (κ1) is 25.5. The lowest BCUT2D eigenvalue weighted by Crippen LogP contribution is -2.29. The average molecular weight is 427 g/mol. The predicted molar refractivity (Wildman–Crippen MR) is 117 cm³/mol. The lowest BCUT2D eigenvalue weighted by Gasteiger charge is -2.19. The zero-order valence-electron chi connectivity index (χ0n) is 19.4. The molecule has 0 aliphatic rings. The number of thioether (sulfide) groups is 1. The number of hydrogen-bond donors (Lipinski definition) is 0. The van der Waals surface area contributed by atoms with Gasteiger partial charge in [0.1, 0.15) is 5.60 Å². The zero-order chi connectivity index (χ0) is 22.2. The minimum absolute atomic E-state index is 0.131. The van der Waals surface area contributed by atoms with Crippen LogP contribution in [-0.2, 0) is 14.9 Å². The van der Waals surface area contributed by atoms with Crippen LogP contribution in [0, 0.1) is 0 Å². The molecule has 0 N–H and O–H groups in total. The molecule has 1 rings (SSSR count). The fraction of sp³-hybridized carbons (Fsp3) is 0.810. The summed E-state index contributed by atoms with van der Waals surface area (Å²) in [6.45, 7) is 11.9. The van der Waals surface area contributed by atoms with Crippen LogP contribution in [0.1, 0.15) is 85.9 Å². The molecule has 0 fully saturated rings. The molecule has 166 valence electrons. The maximum absolute atomic E-state index is 12.5. The summed E-state index contributed by atoms with van der Waals surface area (Å²) in [4.78, 5) is 30.3. The third-order valence-corrected chi connectivity index (χ3v) is 5.57. The Hall–Kier alpha value is -1.57. The van der Waals surface area contributed by atoms with E-state index in [0.29, 0.717) is 17.4 Å². The van der Waals surface area contributed by atoms with Gasteiger partial charge in [0.15, 0.2) is 11.0 Å². The first-order valence-electron chi connectivity index (χ1n) is 10.4. The zero-order valence-corrected chi connectivity index (χ0v) is 20.2. The van der Waals surface area contributed by atoms with Crippen LogP contribution in [0.15, 0.2) is 5.16 Å². The molecule has 7 nitrogen and oxygen atoms in total. The van der Waals surface area contributed by atoms with Crippen LogP contribution in [0.3, 0.4) is 0 Å². The quantitative estimate of drug-likeness (QED) is 0.301. The third-order valence-electron chi connectivity index (χ3n) is 4.56. The van der Waals surface area contributed by atoms with Crippen LogP contribution in [-0.4, -0.2) is 57.1 Å². The second-order valence-electron chi connectivity index (χ2n) is 9.14. The molecule has 1 amide bonds. The Bertz CT molecular complexity index is 678. The van der Waals surface area contributed by atoms with Gasteiger partial charge in [-0.3, -0.25) is 4.79 Å². The van der Waals surface area contributed by atoms with Crippen molar-refractivity contribution in [2.75, 3.05) is 19.8 Å². The lowest BCUT2D eigenvalue weighted by molar-refractivity contribution is -0.154. The Morgan fingerprint density at radius 2 is 1.69 bits per heavy atom. The van der Waals surface area contributed by atoms with Crippen molar-refractivity contribution in [1.82, 2.24) is 19.7 Å². The number of carbonyl (C=O) groups excluding carboxylic acids is 2. The van der Waals surface area contributed by atoms with Crippen LogP contribution in [0.25, 0.3) is 0 Å². The predicted octanol–water partition coefficient (Wildman–Crippen LogP) is 4.88. The minimum Gasteiger partial charge on any atom is -0.460 e. The van der Waals surface area contributed by atoms with Gasteiger partial charge in [-0.15, -0.1) is 5.10 Å². The molecule has 0 saturated heterocycles. The van der Waals surface area contributed by atoms with Crippen molar-refractivity contribution in [1.29, 1.82) is 0 Å². The van der Waals surface area contributed by atoms with Crippen LogP contribution >= 0.6 is 11.8 Å². The second-order valence-corrected chi connectivity index (χ2v) is 10.2. The lowest BCUT2D eigenvalue weighted by atomic mass is 9.90. The van der Waals surface area contributed by atoms with Crippen LogP contribution in [0.4, 0.5) is 4.79 Å². The molecule has 0 unspecified atom stereocenters. The van der Waals surface area contributed by atoms with Gasteiger partial charge in [0.2, 0.25) is 0 Å². The summed E-state index contributed by atoms with van der Waals surface area (Å²) in [7, 11) is 3.43. The topological polar surface area (TPSA) is 77.3 Å². The maximum Gasteiger partial charge on any atom is 0.346 e. The minimum atomic E-state index is -0.418. The van der Waals surface area contributed by atoms with Crippen molar-refractivity contribution in [2.45, 2.75) is 96.2 Å². The molecule has 1 aromatic heterocycles. The first-order valence-corrected chi connectivity index (χ1v) is 11.4. The Kier molecular flexibility index (Phi) is 9.65. The van der Waals surface area contributed by atoms with Crippen molar-refractivity contribution in [3.8, 4) is 0 Å². The number of hydrogen-bond acceptors (Lipinski definition) is 6. The van der Waals surface area contributed by atoms with Gasteiger partial charge in [0.25, 0.3) is 0 Å². The maximum atomic E-state index is 12.5. The van der Waals surface area contributed by atoms with Gasteiger partial charge in [-0.25, -0.2) is 9.78 Å². The molecule has 0 bridgehead atoms. The normalized spacial score (nSPS) is 12.1. The highest BCUT2D eigenvalue weighted by molar-refractivity contribution is 7.99. The van der Waals surface area contributed by atoms with Gasteiger partial charge in [-0.1, -0.05) is 45.4 Å². The van der Waals surface area contributed by atoms with E-state index in [2.05, 4.69) is 30.9 Å². The van der Waals surface area contributed by atoms with Crippen molar-refractivity contribution in [3.05, 3.63) is 5.82 Å².